The van der Waals surface area contributed by atoms with Gasteiger partial charge in [-0.05, 0) is 30.6 Å². The van der Waals surface area contributed by atoms with Crippen LogP contribution in [-0.2, 0) is 24.0 Å². The zero-order valence-corrected chi connectivity index (χ0v) is 22.9. The van der Waals surface area contributed by atoms with Gasteiger partial charge in [-0.25, -0.2) is 0 Å². The summed E-state index contributed by atoms with van der Waals surface area (Å²) in [5, 5.41) is 13.8. The maximum absolute atomic E-state index is 13.4. The molecule has 0 spiro atoms. The van der Waals surface area contributed by atoms with Crippen LogP contribution in [-0.4, -0.2) is 71.3 Å². The molecular formula is C23H39N5O5S2. The van der Waals surface area contributed by atoms with Crippen molar-refractivity contribution in [2.45, 2.75) is 84.6 Å². The fourth-order valence-corrected chi connectivity index (χ4v) is 6.24. The first kappa shape index (κ1) is 29.4. The van der Waals surface area contributed by atoms with Crippen LogP contribution in [0.4, 0.5) is 0 Å². The third-order valence-electron chi connectivity index (χ3n) is 5.76. The second-order valence-electron chi connectivity index (χ2n) is 10.3. The quantitative estimate of drug-likeness (QED) is 0.257. The van der Waals surface area contributed by atoms with Crippen LogP contribution < -0.4 is 26.6 Å². The maximum atomic E-state index is 13.4. The molecule has 2 fully saturated rings. The number of imide groups is 1. The molecule has 198 valence electrons. The van der Waals surface area contributed by atoms with E-state index in [4.69, 9.17) is 0 Å². The summed E-state index contributed by atoms with van der Waals surface area (Å²) in [5.74, 6) is -1.92. The molecule has 0 aliphatic carbocycles. The van der Waals surface area contributed by atoms with Gasteiger partial charge in [0.1, 0.15) is 18.1 Å². The molecule has 0 saturated carbocycles. The number of rotatable bonds is 5. The van der Waals surface area contributed by atoms with Gasteiger partial charge in [0.2, 0.25) is 29.5 Å². The summed E-state index contributed by atoms with van der Waals surface area (Å²) in [5.41, 5.74) is 0. The average Bonchev–Trinajstić information content (AvgIpc) is 2.73. The molecule has 2 saturated heterocycles. The molecule has 5 atom stereocenters. The highest BCUT2D eigenvalue weighted by Gasteiger charge is 2.36. The number of amides is 5. The first-order valence-corrected chi connectivity index (χ1v) is 14.6. The van der Waals surface area contributed by atoms with Gasteiger partial charge in [-0.2, -0.15) is 0 Å². The minimum absolute atomic E-state index is 0.0966. The van der Waals surface area contributed by atoms with Crippen molar-refractivity contribution < 1.29 is 24.0 Å². The highest BCUT2D eigenvalue weighted by atomic mass is 33.1. The molecule has 2 heterocycles. The molecule has 35 heavy (non-hydrogen) atoms. The smallest absolute Gasteiger partial charge is 0.250 e. The predicted molar refractivity (Wildman–Crippen MR) is 138 cm³/mol. The van der Waals surface area contributed by atoms with Crippen molar-refractivity contribution in [1.29, 1.82) is 0 Å². The summed E-state index contributed by atoms with van der Waals surface area (Å²) < 4.78 is 0. The van der Waals surface area contributed by atoms with E-state index >= 15 is 0 Å². The number of fused-ring (bicyclic) bond motifs is 3. The van der Waals surface area contributed by atoms with Crippen LogP contribution in [0.15, 0.2) is 0 Å². The first-order valence-electron chi connectivity index (χ1n) is 12.1. The molecule has 10 nitrogen and oxygen atoms in total. The number of hydrogen-bond acceptors (Lipinski definition) is 8. The molecule has 2 aliphatic heterocycles. The Labute approximate surface area is 215 Å². The van der Waals surface area contributed by atoms with E-state index in [-0.39, 0.29) is 29.4 Å². The van der Waals surface area contributed by atoms with E-state index in [1.807, 2.05) is 27.7 Å². The first-order chi connectivity index (χ1) is 16.4. The van der Waals surface area contributed by atoms with Gasteiger partial charge in [0.25, 0.3) is 0 Å². The minimum atomic E-state index is -0.980. The monoisotopic (exact) mass is 529 g/mol. The van der Waals surface area contributed by atoms with Crippen molar-refractivity contribution in [2.75, 3.05) is 11.5 Å². The Hall–Kier alpha value is -1.79. The van der Waals surface area contributed by atoms with Crippen LogP contribution in [0.3, 0.4) is 0 Å². The maximum Gasteiger partial charge on any atom is 0.250 e. The van der Waals surface area contributed by atoms with Gasteiger partial charge in [-0.1, -0.05) is 63.1 Å². The van der Waals surface area contributed by atoms with Crippen molar-refractivity contribution in [3.8, 4) is 0 Å². The van der Waals surface area contributed by atoms with E-state index in [1.165, 1.54) is 21.6 Å². The van der Waals surface area contributed by atoms with Crippen LogP contribution in [0, 0.1) is 17.8 Å². The highest BCUT2D eigenvalue weighted by Crippen LogP contribution is 2.25. The minimum Gasteiger partial charge on any atom is -0.343 e. The fraction of sp³-hybridized carbons (Fsp3) is 0.783. The highest BCUT2D eigenvalue weighted by molar-refractivity contribution is 8.76. The molecule has 0 unspecified atom stereocenters. The van der Waals surface area contributed by atoms with Gasteiger partial charge in [0, 0.05) is 11.5 Å². The van der Waals surface area contributed by atoms with Crippen molar-refractivity contribution in [3.05, 3.63) is 0 Å². The average molecular weight is 530 g/mol. The Balaban J connectivity index is 2.47. The lowest BCUT2D eigenvalue weighted by molar-refractivity contribution is -0.137. The lowest BCUT2D eigenvalue weighted by Gasteiger charge is -2.29. The van der Waals surface area contributed by atoms with E-state index < -0.39 is 53.8 Å². The molecule has 5 N–H and O–H groups in total. The Bertz CT molecular complexity index is 807. The van der Waals surface area contributed by atoms with Gasteiger partial charge < -0.3 is 16.0 Å². The SMILES string of the molecule is CC(C)C[C@@H]1NC(=O)[C@H](CC(C)C)N[C@@H]2CSSC[C@H](NC2=O)C(=O)NC(=O)[C@@H](C(C)C)NC1=O. The Morgan fingerprint density at radius 3 is 1.77 bits per heavy atom. The molecule has 0 aromatic heterocycles. The molecule has 12 heteroatoms. The van der Waals surface area contributed by atoms with Crippen LogP contribution in [0.5, 0.6) is 0 Å². The van der Waals surface area contributed by atoms with Crippen LogP contribution in [0.2, 0.25) is 0 Å². The molecule has 2 bridgehead atoms. The van der Waals surface area contributed by atoms with E-state index in [0.29, 0.717) is 18.6 Å². The lowest BCUT2D eigenvalue weighted by Crippen LogP contribution is -2.60. The summed E-state index contributed by atoms with van der Waals surface area (Å²) in [6.07, 6.45) is 0.830. The van der Waals surface area contributed by atoms with Crippen LogP contribution >= 0.6 is 21.6 Å². The number of nitrogens with one attached hydrogen (secondary N) is 5. The van der Waals surface area contributed by atoms with Gasteiger partial charge in [-0.3, -0.25) is 34.6 Å². The van der Waals surface area contributed by atoms with Crippen LogP contribution in [0.25, 0.3) is 0 Å². The summed E-state index contributed by atoms with van der Waals surface area (Å²) in [6, 6.07) is -4.20. The number of carbonyl (C=O) groups excluding carboxylic acids is 5. The van der Waals surface area contributed by atoms with E-state index in [9.17, 15) is 24.0 Å². The second-order valence-corrected chi connectivity index (χ2v) is 12.9. The normalized spacial score (nSPS) is 29.6. The Morgan fingerprint density at radius 2 is 1.20 bits per heavy atom. The van der Waals surface area contributed by atoms with Crippen molar-refractivity contribution in [2.24, 2.45) is 17.8 Å². The lowest BCUT2D eigenvalue weighted by atomic mass is 9.98. The van der Waals surface area contributed by atoms with Gasteiger partial charge in [0.15, 0.2) is 0 Å². The predicted octanol–water partition coefficient (Wildman–Crippen LogP) is 0.567. The molecule has 0 aromatic carbocycles. The Kier molecular flexibility index (Phi) is 11.4. The molecule has 0 aromatic rings. The van der Waals surface area contributed by atoms with Gasteiger partial charge in [0.05, 0.1) is 12.1 Å². The third-order valence-corrected chi connectivity index (χ3v) is 8.18. The van der Waals surface area contributed by atoms with Crippen molar-refractivity contribution >= 4 is 51.1 Å². The molecule has 5 amide bonds. The summed E-state index contributed by atoms with van der Waals surface area (Å²) in [4.78, 5) is 65.4. The van der Waals surface area contributed by atoms with Gasteiger partial charge >= 0.3 is 0 Å². The number of hydrogen-bond donors (Lipinski definition) is 5. The topological polar surface area (TPSA) is 146 Å². The largest absolute Gasteiger partial charge is 0.343 e. The Morgan fingerprint density at radius 1 is 0.657 bits per heavy atom. The van der Waals surface area contributed by atoms with Gasteiger partial charge in [-0.15, -0.1) is 0 Å². The summed E-state index contributed by atoms with van der Waals surface area (Å²) in [6.45, 7) is 11.4. The van der Waals surface area contributed by atoms with Crippen molar-refractivity contribution in [3.63, 3.8) is 0 Å². The number of carbonyl (C=O) groups is 5. The molecular weight excluding hydrogens is 490 g/mol. The zero-order valence-electron chi connectivity index (χ0n) is 21.3. The summed E-state index contributed by atoms with van der Waals surface area (Å²) in [7, 11) is 2.84. The standard InChI is InChI=1S/C23H39N5O5S2/c1-11(2)7-14-19(29)25-15(8-12(3)4)20(30)27-18(13(5)6)23(33)28-22(32)17-10-35-34-9-16(24-14)21(31)26-17/h11-18,24H,7-10H2,1-6H3,(H,25,29)(H,26,31)(H,27,30)(H,28,32,33)/t14-,15-,16+,17-,18+/m0/s1. The van der Waals surface area contributed by atoms with E-state index in [2.05, 4.69) is 26.6 Å². The second kappa shape index (κ2) is 13.5. The zero-order chi connectivity index (χ0) is 26.3. The molecule has 2 rings (SSSR count). The van der Waals surface area contributed by atoms with E-state index in [0.717, 1.165) is 0 Å². The van der Waals surface area contributed by atoms with Crippen LogP contribution in [0.1, 0.15) is 54.4 Å². The molecule has 2 aliphatic rings. The van der Waals surface area contributed by atoms with E-state index in [1.54, 1.807) is 13.8 Å². The fourth-order valence-electron chi connectivity index (χ4n) is 3.90. The van der Waals surface area contributed by atoms with Crippen molar-refractivity contribution in [1.82, 2.24) is 26.6 Å². The molecule has 0 radical (unpaired) electrons. The third kappa shape index (κ3) is 8.98. The summed E-state index contributed by atoms with van der Waals surface area (Å²) >= 11 is 0.